The number of thiazole rings is 1. The van der Waals surface area contributed by atoms with Gasteiger partial charge in [-0.15, -0.1) is 11.3 Å². The van der Waals surface area contributed by atoms with Crippen LogP contribution in [0.4, 0.5) is 0 Å². The van der Waals surface area contributed by atoms with Crippen LogP contribution < -0.4 is 5.73 Å². The molecule has 3 heteroatoms. The van der Waals surface area contributed by atoms with Crippen LogP contribution in [0.15, 0.2) is 0 Å². The molecule has 0 amide bonds. The molecule has 2 N–H and O–H groups in total. The van der Waals surface area contributed by atoms with Gasteiger partial charge in [0.2, 0.25) is 0 Å². The summed E-state index contributed by atoms with van der Waals surface area (Å²) in [4.78, 5) is 6.00. The number of hydrogen-bond donors (Lipinski definition) is 1. The predicted molar refractivity (Wildman–Crippen MR) is 62.9 cm³/mol. The van der Waals surface area contributed by atoms with E-state index in [-0.39, 0.29) is 5.41 Å². The fourth-order valence-electron chi connectivity index (χ4n) is 1.50. The average Bonchev–Trinajstić information content (AvgIpc) is 2.48. The lowest BCUT2D eigenvalue weighted by molar-refractivity contribution is 0.520. The largest absolute Gasteiger partial charge is 0.330 e. The van der Waals surface area contributed by atoms with Crippen molar-refractivity contribution in [2.75, 3.05) is 6.54 Å². The minimum absolute atomic E-state index is 0.0204. The van der Waals surface area contributed by atoms with Crippen LogP contribution in [-0.2, 0) is 11.8 Å². The molecule has 2 nitrogen and oxygen atoms in total. The van der Waals surface area contributed by atoms with Crippen LogP contribution in [-0.4, -0.2) is 11.5 Å². The van der Waals surface area contributed by atoms with Crippen molar-refractivity contribution in [3.8, 4) is 0 Å². The van der Waals surface area contributed by atoms with E-state index in [9.17, 15) is 0 Å². The van der Waals surface area contributed by atoms with Gasteiger partial charge in [0.15, 0.2) is 0 Å². The highest BCUT2D eigenvalue weighted by molar-refractivity contribution is 7.11. The molecule has 1 rings (SSSR count). The molecule has 0 saturated heterocycles. The topological polar surface area (TPSA) is 38.9 Å². The highest BCUT2D eigenvalue weighted by Crippen LogP contribution is 2.28. The number of aryl methyl sites for hydroxylation is 2. The summed E-state index contributed by atoms with van der Waals surface area (Å²) in [5.74, 6) is 0. The van der Waals surface area contributed by atoms with Crippen molar-refractivity contribution in [1.29, 1.82) is 0 Å². The molecule has 0 aliphatic carbocycles. The summed E-state index contributed by atoms with van der Waals surface area (Å²) in [6.07, 6.45) is 2.25. The molecule has 0 fully saturated rings. The fourth-order valence-corrected chi connectivity index (χ4v) is 2.71. The molecule has 1 heterocycles. The minimum Gasteiger partial charge on any atom is -0.330 e. The Balaban J connectivity index is 2.98. The monoisotopic (exact) mass is 212 g/mol. The van der Waals surface area contributed by atoms with E-state index in [1.54, 1.807) is 0 Å². The van der Waals surface area contributed by atoms with Gasteiger partial charge in [-0.05, 0) is 19.8 Å². The first-order valence-corrected chi connectivity index (χ1v) is 5.99. The number of nitrogens with zero attached hydrogens (tertiary/aromatic N) is 1. The normalized spacial score (nSPS) is 12.1. The molecule has 0 radical (unpaired) electrons. The first-order chi connectivity index (χ1) is 6.51. The lowest BCUT2D eigenvalue weighted by Crippen LogP contribution is -2.29. The summed E-state index contributed by atoms with van der Waals surface area (Å²) in [7, 11) is 0. The summed E-state index contributed by atoms with van der Waals surface area (Å²) < 4.78 is 0. The second-order valence-corrected chi connectivity index (χ2v) is 5.64. The molecule has 14 heavy (non-hydrogen) atoms. The van der Waals surface area contributed by atoms with Crippen molar-refractivity contribution >= 4 is 11.3 Å². The van der Waals surface area contributed by atoms with Gasteiger partial charge in [0.1, 0.15) is 0 Å². The molecular weight excluding hydrogens is 192 g/mol. The molecule has 0 aliphatic heterocycles. The Labute approximate surface area is 90.6 Å². The van der Waals surface area contributed by atoms with Gasteiger partial charge >= 0.3 is 0 Å². The third-order valence-electron chi connectivity index (χ3n) is 2.46. The number of nitrogens with two attached hydrogens (primary N) is 1. The molecule has 1 aromatic rings. The molecule has 1 aromatic heterocycles. The summed E-state index contributed by atoms with van der Waals surface area (Å²) >= 11 is 1.81. The van der Waals surface area contributed by atoms with Crippen molar-refractivity contribution in [1.82, 2.24) is 4.98 Å². The second-order valence-electron chi connectivity index (χ2n) is 4.35. The van der Waals surface area contributed by atoms with Gasteiger partial charge in [-0.1, -0.05) is 20.8 Å². The Morgan fingerprint density at radius 3 is 2.57 bits per heavy atom. The van der Waals surface area contributed by atoms with Crippen molar-refractivity contribution in [2.24, 2.45) is 5.73 Å². The van der Waals surface area contributed by atoms with Crippen LogP contribution in [0.1, 0.15) is 42.8 Å². The zero-order valence-electron chi connectivity index (χ0n) is 9.55. The van der Waals surface area contributed by atoms with Crippen LogP contribution in [0, 0.1) is 6.92 Å². The van der Waals surface area contributed by atoms with Crippen LogP contribution in [0.5, 0.6) is 0 Å². The van der Waals surface area contributed by atoms with Crippen LogP contribution in [0.25, 0.3) is 0 Å². The van der Waals surface area contributed by atoms with E-state index >= 15 is 0 Å². The lowest BCUT2D eigenvalue weighted by atomic mass is 9.89. The maximum Gasteiger partial charge on any atom is 0.0931 e. The highest BCUT2D eigenvalue weighted by atomic mass is 32.1. The third kappa shape index (κ3) is 2.34. The van der Waals surface area contributed by atoms with E-state index in [0.29, 0.717) is 6.54 Å². The highest BCUT2D eigenvalue weighted by Gasteiger charge is 2.24. The molecule has 80 valence electrons. The maximum atomic E-state index is 5.76. The van der Waals surface area contributed by atoms with E-state index in [4.69, 9.17) is 5.73 Å². The molecule has 0 atom stereocenters. The zero-order valence-corrected chi connectivity index (χ0v) is 10.4. The number of hydrogen-bond acceptors (Lipinski definition) is 3. The van der Waals surface area contributed by atoms with E-state index < -0.39 is 0 Å². The van der Waals surface area contributed by atoms with E-state index in [0.717, 1.165) is 12.8 Å². The van der Waals surface area contributed by atoms with Gasteiger partial charge in [0, 0.05) is 16.8 Å². The quantitative estimate of drug-likeness (QED) is 0.833. The van der Waals surface area contributed by atoms with Crippen LogP contribution >= 0.6 is 11.3 Å². The van der Waals surface area contributed by atoms with Gasteiger partial charge < -0.3 is 5.73 Å². The minimum atomic E-state index is 0.0204. The van der Waals surface area contributed by atoms with E-state index in [1.165, 1.54) is 15.6 Å². The first-order valence-electron chi connectivity index (χ1n) is 5.18. The van der Waals surface area contributed by atoms with Crippen LogP contribution in [0.2, 0.25) is 0 Å². The van der Waals surface area contributed by atoms with E-state index in [2.05, 4.69) is 32.7 Å². The standard InChI is InChI=1S/C11H20N2S/c1-5-6-9-13-10(8(2)14-9)11(3,4)7-12/h5-7,12H2,1-4H3. The predicted octanol–water partition coefficient (Wildman–Crippen LogP) is 2.64. The Hall–Kier alpha value is -0.410. The van der Waals surface area contributed by atoms with Gasteiger partial charge in [-0.2, -0.15) is 0 Å². The Bertz CT molecular complexity index is 302. The average molecular weight is 212 g/mol. The Morgan fingerprint density at radius 1 is 1.43 bits per heavy atom. The van der Waals surface area contributed by atoms with E-state index in [1.807, 2.05) is 11.3 Å². The molecule has 0 saturated carbocycles. The fraction of sp³-hybridized carbons (Fsp3) is 0.727. The van der Waals surface area contributed by atoms with Gasteiger partial charge in [-0.25, -0.2) is 4.98 Å². The second kappa shape index (κ2) is 4.41. The summed E-state index contributed by atoms with van der Waals surface area (Å²) in [6.45, 7) is 9.30. The zero-order chi connectivity index (χ0) is 10.8. The smallest absolute Gasteiger partial charge is 0.0931 e. The summed E-state index contributed by atoms with van der Waals surface area (Å²) in [6, 6.07) is 0. The summed E-state index contributed by atoms with van der Waals surface area (Å²) in [5, 5.41) is 1.25. The molecule has 0 spiro atoms. The van der Waals surface area contributed by atoms with Crippen LogP contribution in [0.3, 0.4) is 0 Å². The molecule has 0 aliphatic rings. The van der Waals surface area contributed by atoms with Gasteiger partial charge in [-0.3, -0.25) is 0 Å². The number of rotatable bonds is 4. The molecule has 0 bridgehead atoms. The molecule has 0 aromatic carbocycles. The molecular formula is C11H20N2S. The van der Waals surface area contributed by atoms with Crippen molar-refractivity contribution in [2.45, 2.75) is 46.0 Å². The van der Waals surface area contributed by atoms with Crippen molar-refractivity contribution in [3.63, 3.8) is 0 Å². The maximum absolute atomic E-state index is 5.76. The van der Waals surface area contributed by atoms with Crippen molar-refractivity contribution in [3.05, 3.63) is 15.6 Å². The SMILES string of the molecule is CCCc1nc(C(C)(C)CN)c(C)s1. The number of aromatic nitrogens is 1. The van der Waals surface area contributed by atoms with Crippen molar-refractivity contribution < 1.29 is 0 Å². The lowest BCUT2D eigenvalue weighted by Gasteiger charge is -2.20. The van der Waals surface area contributed by atoms with Gasteiger partial charge in [0.25, 0.3) is 0 Å². The first kappa shape index (κ1) is 11.7. The molecule has 0 unspecified atom stereocenters. The Morgan fingerprint density at radius 2 is 2.07 bits per heavy atom. The van der Waals surface area contributed by atoms with Gasteiger partial charge in [0.05, 0.1) is 10.7 Å². The third-order valence-corrected chi connectivity index (χ3v) is 3.49. The summed E-state index contributed by atoms with van der Waals surface area (Å²) in [5.41, 5.74) is 6.96. The Kier molecular flexibility index (Phi) is 3.67.